The van der Waals surface area contributed by atoms with Gasteiger partial charge >= 0.3 is 6.18 Å². The van der Waals surface area contributed by atoms with Crippen LogP contribution in [0.15, 0.2) is 18.3 Å². The smallest absolute Gasteiger partial charge is 0.422 e. The van der Waals surface area contributed by atoms with Gasteiger partial charge in [0, 0.05) is 18.8 Å². The lowest BCUT2D eigenvalue weighted by Gasteiger charge is -2.09. The highest BCUT2D eigenvalue weighted by Gasteiger charge is 2.28. The zero-order valence-corrected chi connectivity index (χ0v) is 8.14. The molecule has 1 heterocycles. The zero-order valence-electron chi connectivity index (χ0n) is 8.14. The second-order valence-electron chi connectivity index (χ2n) is 2.92. The number of nitrogens with one attached hydrogen (secondary N) is 1. The molecule has 0 aromatic carbocycles. The Balaban J connectivity index is 2.57. The summed E-state index contributed by atoms with van der Waals surface area (Å²) >= 11 is 0. The molecule has 0 bridgehead atoms. The molecule has 0 atom stereocenters. The molecule has 0 fully saturated rings. The third-order valence-electron chi connectivity index (χ3n) is 1.55. The monoisotopic (exact) mass is 220 g/mol. The summed E-state index contributed by atoms with van der Waals surface area (Å²) in [6.07, 6.45) is -2.90. The minimum atomic E-state index is -4.31. The van der Waals surface area contributed by atoms with Crippen molar-refractivity contribution in [2.75, 3.05) is 13.7 Å². The van der Waals surface area contributed by atoms with Crippen LogP contribution in [0.5, 0.6) is 5.75 Å². The fraction of sp³-hybridized carbons (Fsp3) is 0.444. The van der Waals surface area contributed by atoms with Crippen molar-refractivity contribution in [1.82, 2.24) is 10.3 Å². The van der Waals surface area contributed by atoms with Gasteiger partial charge in [0.1, 0.15) is 5.75 Å². The Morgan fingerprint density at radius 3 is 2.80 bits per heavy atom. The molecule has 0 spiro atoms. The molecule has 84 valence electrons. The fourth-order valence-corrected chi connectivity index (χ4v) is 0.989. The summed E-state index contributed by atoms with van der Waals surface area (Å²) in [6, 6.07) is 2.87. The number of aromatic nitrogens is 1. The van der Waals surface area contributed by atoms with E-state index >= 15 is 0 Å². The van der Waals surface area contributed by atoms with Gasteiger partial charge in [-0.3, -0.25) is 4.98 Å². The topological polar surface area (TPSA) is 34.1 Å². The first-order valence-electron chi connectivity index (χ1n) is 4.30. The second kappa shape index (κ2) is 4.97. The van der Waals surface area contributed by atoms with Crippen LogP contribution in [0, 0.1) is 0 Å². The zero-order chi connectivity index (χ0) is 11.3. The summed E-state index contributed by atoms with van der Waals surface area (Å²) in [7, 11) is 1.73. The van der Waals surface area contributed by atoms with Gasteiger partial charge in [0.05, 0.1) is 5.69 Å². The number of hydrogen-bond acceptors (Lipinski definition) is 3. The van der Waals surface area contributed by atoms with Crippen LogP contribution in [-0.4, -0.2) is 24.8 Å². The normalized spacial score (nSPS) is 11.5. The number of pyridine rings is 1. The minimum absolute atomic E-state index is 0.174. The van der Waals surface area contributed by atoms with Crippen LogP contribution in [-0.2, 0) is 6.54 Å². The molecule has 0 aliphatic rings. The van der Waals surface area contributed by atoms with Gasteiger partial charge in [-0.15, -0.1) is 0 Å². The maximum atomic E-state index is 11.8. The van der Waals surface area contributed by atoms with Crippen LogP contribution in [0.3, 0.4) is 0 Å². The first-order chi connectivity index (χ1) is 7.01. The van der Waals surface area contributed by atoms with Crippen molar-refractivity contribution in [2.24, 2.45) is 0 Å². The van der Waals surface area contributed by atoms with Crippen LogP contribution >= 0.6 is 0 Å². The summed E-state index contributed by atoms with van der Waals surface area (Å²) in [5, 5.41) is 2.84. The van der Waals surface area contributed by atoms with E-state index in [-0.39, 0.29) is 5.75 Å². The molecular weight excluding hydrogens is 209 g/mol. The van der Waals surface area contributed by atoms with Crippen molar-refractivity contribution >= 4 is 0 Å². The van der Waals surface area contributed by atoms with Crippen LogP contribution in [0.25, 0.3) is 0 Å². The minimum Gasteiger partial charge on any atom is -0.484 e. The van der Waals surface area contributed by atoms with Crippen molar-refractivity contribution in [1.29, 1.82) is 0 Å². The van der Waals surface area contributed by atoms with Gasteiger partial charge in [0.2, 0.25) is 0 Å². The highest BCUT2D eigenvalue weighted by atomic mass is 19.4. The van der Waals surface area contributed by atoms with Gasteiger partial charge in [-0.1, -0.05) is 0 Å². The van der Waals surface area contributed by atoms with Crippen molar-refractivity contribution in [2.45, 2.75) is 12.7 Å². The molecule has 3 nitrogen and oxygen atoms in total. The molecule has 0 aliphatic heterocycles. The van der Waals surface area contributed by atoms with Crippen molar-refractivity contribution in [3.05, 3.63) is 24.0 Å². The summed E-state index contributed by atoms with van der Waals surface area (Å²) in [5.74, 6) is 0.174. The molecule has 1 N–H and O–H groups in total. The van der Waals surface area contributed by atoms with E-state index in [1.54, 1.807) is 7.05 Å². The SMILES string of the molecule is CNCc1cc(OCC(F)(F)F)ccn1. The summed E-state index contributed by atoms with van der Waals surface area (Å²) in [5.41, 5.74) is 0.636. The van der Waals surface area contributed by atoms with E-state index in [0.29, 0.717) is 12.2 Å². The lowest BCUT2D eigenvalue weighted by Crippen LogP contribution is -2.19. The Hall–Kier alpha value is -1.30. The first kappa shape index (κ1) is 11.8. The lowest BCUT2D eigenvalue weighted by molar-refractivity contribution is -0.153. The average Bonchev–Trinajstić information content (AvgIpc) is 2.15. The maximum absolute atomic E-state index is 11.8. The molecule has 1 rings (SSSR count). The van der Waals surface area contributed by atoms with Gasteiger partial charge in [0.25, 0.3) is 0 Å². The summed E-state index contributed by atoms with van der Waals surface area (Å²) in [4.78, 5) is 3.95. The number of hydrogen-bond donors (Lipinski definition) is 1. The molecule has 0 amide bonds. The van der Waals surface area contributed by atoms with Crippen LogP contribution in [0.2, 0.25) is 0 Å². The molecule has 1 aromatic rings. The molecular formula is C9H11F3N2O. The van der Waals surface area contributed by atoms with Gasteiger partial charge in [0.15, 0.2) is 6.61 Å². The number of alkyl halides is 3. The molecule has 15 heavy (non-hydrogen) atoms. The van der Waals surface area contributed by atoms with E-state index in [1.807, 2.05) is 0 Å². The second-order valence-corrected chi connectivity index (χ2v) is 2.92. The highest BCUT2D eigenvalue weighted by molar-refractivity contribution is 5.22. The Morgan fingerprint density at radius 2 is 2.20 bits per heavy atom. The molecule has 0 radical (unpaired) electrons. The molecule has 1 aromatic heterocycles. The average molecular weight is 220 g/mol. The molecule has 0 saturated carbocycles. The first-order valence-corrected chi connectivity index (χ1v) is 4.30. The Kier molecular flexibility index (Phi) is 3.90. The maximum Gasteiger partial charge on any atom is 0.422 e. The van der Waals surface area contributed by atoms with Crippen LogP contribution in [0.4, 0.5) is 13.2 Å². The molecule has 0 aliphatic carbocycles. The fourth-order valence-electron chi connectivity index (χ4n) is 0.989. The van der Waals surface area contributed by atoms with E-state index in [4.69, 9.17) is 0 Å². The van der Waals surface area contributed by atoms with E-state index in [0.717, 1.165) is 0 Å². The summed E-state index contributed by atoms with van der Waals surface area (Å²) < 4.78 is 40.1. The third kappa shape index (κ3) is 4.64. The molecule has 6 heteroatoms. The predicted molar refractivity (Wildman–Crippen MR) is 48.6 cm³/mol. The Labute approximate surface area is 85.3 Å². The number of nitrogens with zero attached hydrogens (tertiary/aromatic N) is 1. The summed E-state index contributed by atoms with van der Waals surface area (Å²) in [6.45, 7) is -0.792. The van der Waals surface area contributed by atoms with Gasteiger partial charge in [-0.05, 0) is 13.1 Å². The van der Waals surface area contributed by atoms with Crippen molar-refractivity contribution in [3.63, 3.8) is 0 Å². The number of ether oxygens (including phenoxy) is 1. The third-order valence-corrected chi connectivity index (χ3v) is 1.55. The van der Waals surface area contributed by atoms with Gasteiger partial charge in [-0.2, -0.15) is 13.2 Å². The molecule has 0 unspecified atom stereocenters. The number of halogens is 3. The van der Waals surface area contributed by atoms with Gasteiger partial charge in [-0.25, -0.2) is 0 Å². The largest absolute Gasteiger partial charge is 0.484 e. The van der Waals surface area contributed by atoms with E-state index in [2.05, 4.69) is 15.0 Å². The highest BCUT2D eigenvalue weighted by Crippen LogP contribution is 2.18. The van der Waals surface area contributed by atoms with Crippen LogP contribution < -0.4 is 10.1 Å². The van der Waals surface area contributed by atoms with E-state index < -0.39 is 12.8 Å². The Morgan fingerprint density at radius 1 is 1.47 bits per heavy atom. The van der Waals surface area contributed by atoms with Crippen molar-refractivity contribution in [3.8, 4) is 5.75 Å². The standard InChI is InChI=1S/C9H11F3N2O/c1-13-5-7-4-8(2-3-14-7)15-6-9(10,11)12/h2-4,13H,5-6H2,1H3. The van der Waals surface area contributed by atoms with E-state index in [1.165, 1.54) is 18.3 Å². The van der Waals surface area contributed by atoms with Gasteiger partial charge < -0.3 is 10.1 Å². The van der Waals surface area contributed by atoms with Crippen LogP contribution in [0.1, 0.15) is 5.69 Å². The predicted octanol–water partition coefficient (Wildman–Crippen LogP) is 1.74. The van der Waals surface area contributed by atoms with E-state index in [9.17, 15) is 13.2 Å². The number of rotatable bonds is 4. The Bertz CT molecular complexity index is 314. The van der Waals surface area contributed by atoms with Crippen molar-refractivity contribution < 1.29 is 17.9 Å². The lowest BCUT2D eigenvalue weighted by atomic mass is 10.3. The quantitative estimate of drug-likeness (QED) is 0.839. The molecule has 0 saturated heterocycles.